The van der Waals surface area contributed by atoms with E-state index >= 15 is 0 Å². The van der Waals surface area contributed by atoms with Crippen LogP contribution in [0.2, 0.25) is 0 Å². The summed E-state index contributed by atoms with van der Waals surface area (Å²) in [4.78, 5) is 10.7. The molecule has 2 aromatic rings. The molecule has 0 unspecified atom stereocenters. The third-order valence-electron chi connectivity index (χ3n) is 4.19. The van der Waals surface area contributed by atoms with Crippen molar-refractivity contribution in [1.29, 1.82) is 0 Å². The SMILES string of the molecule is Nc1cccc(C(=O)Nc2c(Br)cc(C(F)(C(F)(F)F)C(F)(F)F)cc2SC(F)(F)C(F)(F)F)c1. The molecule has 0 saturated carbocycles. The largest absolute Gasteiger partial charge is 0.464 e. The smallest absolute Gasteiger partial charge is 0.399 e. The minimum Gasteiger partial charge on any atom is -0.399 e. The van der Waals surface area contributed by atoms with Crippen molar-refractivity contribution < 1.29 is 57.5 Å². The maximum atomic E-state index is 14.5. The number of hydrogen-bond acceptors (Lipinski definition) is 3. The molecule has 194 valence electrons. The lowest BCUT2D eigenvalue weighted by molar-refractivity contribution is -0.348. The molecule has 17 heteroatoms. The van der Waals surface area contributed by atoms with Crippen LogP contribution in [-0.4, -0.2) is 29.7 Å². The Bertz CT molecular complexity index is 1100. The Morgan fingerprint density at radius 3 is 1.83 bits per heavy atom. The molecule has 0 aliphatic carbocycles. The van der Waals surface area contributed by atoms with Gasteiger partial charge in [0.2, 0.25) is 0 Å². The fourth-order valence-corrected chi connectivity index (χ4v) is 4.06. The number of halogens is 13. The molecule has 0 radical (unpaired) electrons. The predicted octanol–water partition coefficient (Wildman–Crippen LogP) is 7.82. The number of hydrogen-bond donors (Lipinski definition) is 2. The number of anilines is 2. The van der Waals surface area contributed by atoms with Crippen LogP contribution in [-0.2, 0) is 5.67 Å². The van der Waals surface area contributed by atoms with Crippen molar-refractivity contribution in [2.24, 2.45) is 0 Å². The van der Waals surface area contributed by atoms with Gasteiger partial charge in [0.05, 0.1) is 5.69 Å². The van der Waals surface area contributed by atoms with E-state index in [-0.39, 0.29) is 17.3 Å². The predicted molar refractivity (Wildman–Crippen MR) is 105 cm³/mol. The Labute approximate surface area is 200 Å². The van der Waals surface area contributed by atoms with Gasteiger partial charge >= 0.3 is 29.5 Å². The maximum absolute atomic E-state index is 14.5. The van der Waals surface area contributed by atoms with Gasteiger partial charge in [-0.15, -0.1) is 0 Å². The second-order valence-corrected chi connectivity index (χ2v) is 8.69. The zero-order valence-electron chi connectivity index (χ0n) is 16.3. The Morgan fingerprint density at radius 2 is 1.37 bits per heavy atom. The first-order valence-corrected chi connectivity index (χ1v) is 10.2. The van der Waals surface area contributed by atoms with E-state index in [1.165, 1.54) is 12.1 Å². The summed E-state index contributed by atoms with van der Waals surface area (Å²) in [5.74, 6) is -1.24. The van der Waals surface area contributed by atoms with Gasteiger partial charge in [-0.2, -0.15) is 48.3 Å². The molecule has 0 heterocycles. The Hall–Kier alpha value is -2.30. The average molecular weight is 609 g/mol. The van der Waals surface area contributed by atoms with E-state index < -0.39 is 73.8 Å². The van der Waals surface area contributed by atoms with Gasteiger partial charge in [0, 0.05) is 26.2 Å². The number of rotatable bonds is 5. The summed E-state index contributed by atoms with van der Waals surface area (Å²) in [6.07, 6.45) is -19.7. The van der Waals surface area contributed by atoms with Crippen molar-refractivity contribution in [2.75, 3.05) is 11.1 Å². The first-order valence-electron chi connectivity index (χ1n) is 8.58. The van der Waals surface area contributed by atoms with E-state index in [1.807, 2.05) is 0 Å². The van der Waals surface area contributed by atoms with Gasteiger partial charge in [0.1, 0.15) is 0 Å². The zero-order valence-corrected chi connectivity index (χ0v) is 18.7. The molecule has 0 saturated heterocycles. The number of amides is 1. The highest BCUT2D eigenvalue weighted by molar-refractivity contribution is 9.10. The number of alkyl halides is 12. The summed E-state index contributed by atoms with van der Waals surface area (Å²) in [7, 11) is 0. The summed E-state index contributed by atoms with van der Waals surface area (Å²) in [6.45, 7) is 0. The molecule has 0 aliphatic heterocycles. The second-order valence-electron chi connectivity index (χ2n) is 6.68. The first-order chi connectivity index (χ1) is 15.6. The zero-order chi connectivity index (χ0) is 27.2. The Morgan fingerprint density at radius 1 is 0.829 bits per heavy atom. The molecule has 0 bridgehead atoms. The van der Waals surface area contributed by atoms with Crippen molar-refractivity contribution >= 4 is 45.0 Å². The maximum Gasteiger partial charge on any atom is 0.464 e. The van der Waals surface area contributed by atoms with Gasteiger partial charge in [-0.25, -0.2) is 4.39 Å². The standard InChI is InChI=1S/C18H9BrF12N2OS/c19-10-5-8(14(20,15(21,22)23)16(24,25)26)6-11(35-18(30,31)17(27,28)29)12(10)33-13(34)7-2-1-3-9(32)4-7/h1-6H,32H2,(H,33,34). The molecular formula is C18H9BrF12N2OS. The lowest BCUT2D eigenvalue weighted by Crippen LogP contribution is -2.50. The highest BCUT2D eigenvalue weighted by Crippen LogP contribution is 2.56. The summed E-state index contributed by atoms with van der Waals surface area (Å²) in [5, 5.41) is -3.96. The van der Waals surface area contributed by atoms with Gasteiger partial charge in [-0.3, -0.25) is 4.79 Å². The topological polar surface area (TPSA) is 55.1 Å². The van der Waals surface area contributed by atoms with E-state index in [0.717, 1.165) is 12.1 Å². The molecule has 0 aliphatic rings. The van der Waals surface area contributed by atoms with Crippen LogP contribution < -0.4 is 11.1 Å². The van der Waals surface area contributed by atoms with Crippen molar-refractivity contribution in [2.45, 2.75) is 34.3 Å². The van der Waals surface area contributed by atoms with E-state index in [0.29, 0.717) is 0 Å². The number of benzene rings is 2. The molecule has 35 heavy (non-hydrogen) atoms. The molecule has 3 nitrogen and oxygen atoms in total. The molecule has 1 amide bonds. The quantitative estimate of drug-likeness (QED) is 0.207. The monoisotopic (exact) mass is 608 g/mol. The minimum atomic E-state index is -6.69. The summed E-state index contributed by atoms with van der Waals surface area (Å²) in [5.41, 5.74) is -4.43. The van der Waals surface area contributed by atoms with Crippen molar-refractivity contribution in [1.82, 2.24) is 0 Å². The lowest BCUT2D eigenvalue weighted by atomic mass is 9.94. The van der Waals surface area contributed by atoms with Gasteiger partial charge in [-0.05, 0) is 58.0 Å². The number of carbonyl (C=O) groups excluding carboxylic acids is 1. The van der Waals surface area contributed by atoms with Crippen LogP contribution in [0.25, 0.3) is 0 Å². The number of nitrogens with two attached hydrogens (primary N) is 1. The van der Waals surface area contributed by atoms with E-state index in [9.17, 15) is 57.5 Å². The number of nitrogens with one attached hydrogen (secondary N) is 1. The summed E-state index contributed by atoms with van der Waals surface area (Å²) >= 11 is 0.874. The fourth-order valence-electron chi connectivity index (χ4n) is 2.53. The number of carbonyl (C=O) groups is 1. The molecule has 2 aromatic carbocycles. The first kappa shape index (κ1) is 28.9. The molecule has 2 rings (SSSR count). The van der Waals surface area contributed by atoms with Crippen LogP contribution in [0.1, 0.15) is 15.9 Å². The highest BCUT2D eigenvalue weighted by Gasteiger charge is 2.73. The van der Waals surface area contributed by atoms with Crippen LogP contribution in [0.15, 0.2) is 45.8 Å². The summed E-state index contributed by atoms with van der Waals surface area (Å²) < 4.78 is 158. The average Bonchev–Trinajstić information content (AvgIpc) is 2.66. The molecular weight excluding hydrogens is 600 g/mol. The highest BCUT2D eigenvalue weighted by atomic mass is 79.9. The molecule has 0 aromatic heterocycles. The molecule has 0 spiro atoms. The van der Waals surface area contributed by atoms with Gasteiger partial charge in [0.15, 0.2) is 0 Å². The van der Waals surface area contributed by atoms with Crippen LogP contribution in [0.3, 0.4) is 0 Å². The number of nitrogen functional groups attached to an aromatic ring is 1. The van der Waals surface area contributed by atoms with Crippen LogP contribution in [0, 0.1) is 0 Å². The molecule has 0 atom stereocenters. The van der Waals surface area contributed by atoms with Gasteiger partial charge in [0.25, 0.3) is 5.91 Å². The third kappa shape index (κ3) is 5.76. The third-order valence-corrected chi connectivity index (χ3v) is 5.84. The fraction of sp³-hybridized carbons (Fsp3) is 0.278. The van der Waals surface area contributed by atoms with Crippen LogP contribution in [0.4, 0.5) is 64.1 Å². The van der Waals surface area contributed by atoms with E-state index in [4.69, 9.17) is 5.73 Å². The normalized spacial score (nSPS) is 13.6. The second kappa shape index (κ2) is 9.29. The lowest BCUT2D eigenvalue weighted by Gasteiger charge is -2.31. The van der Waals surface area contributed by atoms with Crippen molar-refractivity contribution in [3.05, 3.63) is 52.0 Å². The molecule has 0 fully saturated rings. The van der Waals surface area contributed by atoms with E-state index in [2.05, 4.69) is 15.9 Å². The van der Waals surface area contributed by atoms with E-state index in [1.54, 1.807) is 5.32 Å². The van der Waals surface area contributed by atoms with Crippen molar-refractivity contribution in [3.8, 4) is 0 Å². The van der Waals surface area contributed by atoms with Gasteiger partial charge in [-0.1, -0.05) is 6.07 Å². The molecule has 3 N–H and O–H groups in total. The Kier molecular flexibility index (Phi) is 7.68. The summed E-state index contributed by atoms with van der Waals surface area (Å²) in [6, 6.07) is 4.03. The number of thioether (sulfide) groups is 1. The Balaban J connectivity index is 2.76. The van der Waals surface area contributed by atoms with Gasteiger partial charge < -0.3 is 11.1 Å². The minimum absolute atomic E-state index is 0.00262. The van der Waals surface area contributed by atoms with Crippen LogP contribution >= 0.6 is 27.7 Å². The van der Waals surface area contributed by atoms with Crippen molar-refractivity contribution in [3.63, 3.8) is 0 Å². The van der Waals surface area contributed by atoms with Crippen LogP contribution in [0.5, 0.6) is 0 Å².